The first-order valence-corrected chi connectivity index (χ1v) is 5.78. The molecule has 1 aliphatic carbocycles. The van der Waals surface area contributed by atoms with E-state index < -0.39 is 0 Å². The summed E-state index contributed by atoms with van der Waals surface area (Å²) in [4.78, 5) is 0. The van der Waals surface area contributed by atoms with Gasteiger partial charge in [0.15, 0.2) is 0 Å². The van der Waals surface area contributed by atoms with Gasteiger partial charge in [-0.1, -0.05) is 19.8 Å². The highest BCUT2D eigenvalue weighted by Crippen LogP contribution is 2.33. The van der Waals surface area contributed by atoms with Gasteiger partial charge < -0.3 is 10.5 Å². The second kappa shape index (κ2) is 4.63. The summed E-state index contributed by atoms with van der Waals surface area (Å²) in [5, 5.41) is 0. The molecule has 2 N–H and O–H groups in total. The van der Waals surface area contributed by atoms with Crippen molar-refractivity contribution in [2.45, 2.75) is 58.1 Å². The Balaban J connectivity index is 2.55. The van der Waals surface area contributed by atoms with Gasteiger partial charge in [0.2, 0.25) is 0 Å². The van der Waals surface area contributed by atoms with E-state index in [0.717, 1.165) is 5.92 Å². The van der Waals surface area contributed by atoms with E-state index >= 15 is 0 Å². The van der Waals surface area contributed by atoms with E-state index in [1.54, 1.807) is 7.11 Å². The molecular formula is C12H25NO. The Bertz CT molecular complexity index is 179. The van der Waals surface area contributed by atoms with E-state index in [2.05, 4.69) is 20.8 Å². The van der Waals surface area contributed by atoms with Gasteiger partial charge in [0.05, 0.1) is 5.60 Å². The maximum absolute atomic E-state index is 6.27. The normalized spacial score (nSPS) is 31.5. The van der Waals surface area contributed by atoms with E-state index in [0.29, 0.717) is 5.92 Å². The number of ether oxygens (including phenoxy) is 1. The molecular weight excluding hydrogens is 174 g/mol. The Morgan fingerprint density at radius 2 is 2.00 bits per heavy atom. The van der Waals surface area contributed by atoms with E-state index in [-0.39, 0.29) is 11.6 Å². The summed E-state index contributed by atoms with van der Waals surface area (Å²) in [6, 6.07) is 0.176. The van der Waals surface area contributed by atoms with Gasteiger partial charge in [-0.25, -0.2) is 0 Å². The number of hydrogen-bond donors (Lipinski definition) is 1. The zero-order chi connectivity index (χ0) is 10.8. The van der Waals surface area contributed by atoms with Crippen molar-refractivity contribution in [3.8, 4) is 0 Å². The molecule has 3 atom stereocenters. The van der Waals surface area contributed by atoms with Gasteiger partial charge in [0.1, 0.15) is 0 Å². The summed E-state index contributed by atoms with van der Waals surface area (Å²) < 4.78 is 5.46. The fourth-order valence-electron chi connectivity index (χ4n) is 2.51. The van der Waals surface area contributed by atoms with E-state index in [1.165, 1.54) is 25.7 Å². The molecule has 2 nitrogen and oxygen atoms in total. The van der Waals surface area contributed by atoms with Crippen LogP contribution < -0.4 is 5.73 Å². The third-order valence-electron chi connectivity index (χ3n) is 3.81. The van der Waals surface area contributed by atoms with Gasteiger partial charge >= 0.3 is 0 Å². The molecule has 1 fully saturated rings. The van der Waals surface area contributed by atoms with Crippen LogP contribution in [0, 0.1) is 11.8 Å². The van der Waals surface area contributed by atoms with Crippen molar-refractivity contribution in [1.82, 2.24) is 0 Å². The maximum Gasteiger partial charge on any atom is 0.0775 e. The van der Waals surface area contributed by atoms with Crippen LogP contribution in [0.3, 0.4) is 0 Å². The molecule has 1 saturated carbocycles. The highest BCUT2D eigenvalue weighted by atomic mass is 16.5. The topological polar surface area (TPSA) is 35.2 Å². The van der Waals surface area contributed by atoms with Crippen LogP contribution >= 0.6 is 0 Å². The van der Waals surface area contributed by atoms with Crippen LogP contribution in [-0.4, -0.2) is 18.8 Å². The lowest BCUT2D eigenvalue weighted by molar-refractivity contribution is -0.0229. The number of nitrogens with two attached hydrogens (primary N) is 1. The van der Waals surface area contributed by atoms with Gasteiger partial charge in [0, 0.05) is 13.2 Å². The smallest absolute Gasteiger partial charge is 0.0775 e. The molecule has 0 radical (unpaired) electrons. The second-order valence-corrected chi connectivity index (χ2v) is 5.37. The molecule has 14 heavy (non-hydrogen) atoms. The molecule has 0 amide bonds. The monoisotopic (exact) mass is 199 g/mol. The first-order valence-electron chi connectivity index (χ1n) is 5.78. The third kappa shape index (κ3) is 2.71. The number of methoxy groups -OCH3 is 1. The molecule has 0 aromatic carbocycles. The highest BCUT2D eigenvalue weighted by Gasteiger charge is 2.34. The highest BCUT2D eigenvalue weighted by molar-refractivity contribution is 4.90. The Labute approximate surface area is 88.2 Å². The predicted molar refractivity (Wildman–Crippen MR) is 60.2 cm³/mol. The molecule has 1 aliphatic rings. The molecule has 3 unspecified atom stereocenters. The van der Waals surface area contributed by atoms with Crippen molar-refractivity contribution >= 4 is 0 Å². The summed E-state index contributed by atoms with van der Waals surface area (Å²) in [7, 11) is 1.76. The van der Waals surface area contributed by atoms with Crippen molar-refractivity contribution in [1.29, 1.82) is 0 Å². The lowest BCUT2D eigenvalue weighted by atomic mass is 9.74. The van der Waals surface area contributed by atoms with Crippen LogP contribution in [-0.2, 0) is 4.74 Å². The molecule has 0 aromatic heterocycles. The minimum Gasteiger partial charge on any atom is -0.377 e. The third-order valence-corrected chi connectivity index (χ3v) is 3.81. The maximum atomic E-state index is 6.27. The Morgan fingerprint density at radius 1 is 1.36 bits per heavy atom. The lowest BCUT2D eigenvalue weighted by Gasteiger charge is -2.39. The zero-order valence-electron chi connectivity index (χ0n) is 10.0. The second-order valence-electron chi connectivity index (χ2n) is 5.37. The van der Waals surface area contributed by atoms with E-state index in [1.807, 2.05) is 0 Å². The summed E-state index contributed by atoms with van der Waals surface area (Å²) in [5.74, 6) is 1.49. The van der Waals surface area contributed by atoms with Crippen LogP contribution in [0.25, 0.3) is 0 Å². The molecule has 1 rings (SSSR count). The lowest BCUT2D eigenvalue weighted by Crippen LogP contribution is -2.50. The molecule has 0 saturated heterocycles. The van der Waals surface area contributed by atoms with Gasteiger partial charge in [-0.2, -0.15) is 0 Å². The van der Waals surface area contributed by atoms with Crippen LogP contribution in [0.2, 0.25) is 0 Å². The van der Waals surface area contributed by atoms with Crippen LogP contribution in [0.5, 0.6) is 0 Å². The molecule has 0 aromatic rings. The van der Waals surface area contributed by atoms with Crippen LogP contribution in [0.4, 0.5) is 0 Å². The molecule has 84 valence electrons. The number of rotatable bonds is 3. The fraction of sp³-hybridized carbons (Fsp3) is 1.00. The van der Waals surface area contributed by atoms with Crippen LogP contribution in [0.1, 0.15) is 46.5 Å². The van der Waals surface area contributed by atoms with Gasteiger partial charge in [0.25, 0.3) is 0 Å². The zero-order valence-corrected chi connectivity index (χ0v) is 10.0. The molecule has 0 bridgehead atoms. The Hall–Kier alpha value is -0.0800. The van der Waals surface area contributed by atoms with E-state index in [4.69, 9.17) is 10.5 Å². The molecule has 0 spiro atoms. The SMILES string of the molecule is COC(C)(C)C(N)C1CCCC(C)C1. The van der Waals surface area contributed by atoms with Gasteiger partial charge in [-0.3, -0.25) is 0 Å². The van der Waals surface area contributed by atoms with Crippen molar-refractivity contribution in [3.63, 3.8) is 0 Å². The van der Waals surface area contributed by atoms with E-state index in [9.17, 15) is 0 Å². The largest absolute Gasteiger partial charge is 0.377 e. The first-order chi connectivity index (χ1) is 6.47. The standard InChI is InChI=1S/C12H25NO/c1-9-6-5-7-10(8-9)11(13)12(2,3)14-4/h9-11H,5-8,13H2,1-4H3. The Kier molecular flexibility index (Phi) is 3.96. The molecule has 2 heteroatoms. The van der Waals surface area contributed by atoms with Crippen LogP contribution in [0.15, 0.2) is 0 Å². The first kappa shape index (κ1) is 12.0. The Morgan fingerprint density at radius 3 is 2.50 bits per heavy atom. The summed E-state index contributed by atoms with van der Waals surface area (Å²) in [6.07, 6.45) is 5.25. The molecule has 0 aliphatic heterocycles. The van der Waals surface area contributed by atoms with Crippen molar-refractivity contribution in [3.05, 3.63) is 0 Å². The average molecular weight is 199 g/mol. The predicted octanol–water partition coefficient (Wildman–Crippen LogP) is 2.57. The number of hydrogen-bond acceptors (Lipinski definition) is 2. The minimum absolute atomic E-state index is 0.176. The summed E-state index contributed by atoms with van der Waals surface area (Å²) in [5.41, 5.74) is 6.10. The van der Waals surface area contributed by atoms with Crippen molar-refractivity contribution in [2.24, 2.45) is 17.6 Å². The van der Waals surface area contributed by atoms with Gasteiger partial charge in [-0.15, -0.1) is 0 Å². The molecule has 0 heterocycles. The fourth-order valence-corrected chi connectivity index (χ4v) is 2.51. The van der Waals surface area contributed by atoms with Crippen molar-refractivity contribution < 1.29 is 4.74 Å². The minimum atomic E-state index is -0.179. The summed E-state index contributed by atoms with van der Waals surface area (Å²) >= 11 is 0. The van der Waals surface area contributed by atoms with Crippen molar-refractivity contribution in [2.75, 3.05) is 7.11 Å². The quantitative estimate of drug-likeness (QED) is 0.758. The van der Waals surface area contributed by atoms with Gasteiger partial charge in [-0.05, 0) is 38.5 Å². The average Bonchev–Trinajstić information content (AvgIpc) is 2.16. The summed E-state index contributed by atoms with van der Waals surface area (Å²) in [6.45, 7) is 6.52.